The lowest BCUT2D eigenvalue weighted by Crippen LogP contribution is -1.80. The Morgan fingerprint density at radius 1 is 1.78 bits per heavy atom. The first-order valence-corrected chi connectivity index (χ1v) is 4.36. The molecule has 0 bridgehead atoms. The molecule has 0 spiro atoms. The second kappa shape index (κ2) is 5.93. The van der Waals surface area contributed by atoms with Crippen LogP contribution in [0.2, 0.25) is 0 Å². The summed E-state index contributed by atoms with van der Waals surface area (Å²) in [6, 6.07) is 0. The summed E-state index contributed by atoms with van der Waals surface area (Å²) in [5.74, 6) is 0. The molecule has 0 aromatic carbocycles. The van der Waals surface area contributed by atoms with Crippen molar-refractivity contribution in [2.24, 2.45) is 0 Å². The summed E-state index contributed by atoms with van der Waals surface area (Å²) in [6.07, 6.45) is 3.12. The number of hydrogen-bond acceptors (Lipinski definition) is 2. The quantitative estimate of drug-likeness (QED) is 0.440. The van der Waals surface area contributed by atoms with Crippen LogP contribution in [0.1, 0.15) is 13.3 Å². The summed E-state index contributed by atoms with van der Waals surface area (Å²) in [6.45, 7) is 5.88. The van der Waals surface area contributed by atoms with E-state index in [1.807, 2.05) is 6.92 Å². The van der Waals surface area contributed by atoms with Crippen LogP contribution in [0.25, 0.3) is 0 Å². The van der Waals surface area contributed by atoms with E-state index in [9.17, 15) is 4.57 Å². The summed E-state index contributed by atoms with van der Waals surface area (Å²) >= 11 is 0. The molecule has 52 valence electrons. The van der Waals surface area contributed by atoms with E-state index in [0.29, 0.717) is 12.8 Å². The van der Waals surface area contributed by atoms with Gasteiger partial charge in [0, 0.05) is 6.42 Å². The maximum absolute atomic E-state index is 10.7. The predicted molar refractivity (Wildman–Crippen MR) is 38.9 cm³/mol. The Morgan fingerprint density at radius 2 is 2.44 bits per heavy atom. The van der Waals surface area contributed by atoms with Crippen molar-refractivity contribution in [3.8, 4) is 0 Å². The normalized spacial score (nSPS) is 11.0. The fourth-order valence-electron chi connectivity index (χ4n) is 0.405. The summed E-state index contributed by atoms with van der Waals surface area (Å²) in [5, 5.41) is 0. The Labute approximate surface area is 56.8 Å². The van der Waals surface area contributed by atoms with Gasteiger partial charge in [0.05, 0.1) is 6.61 Å². The monoisotopic (exact) mass is 147 g/mol. The second-order valence-electron chi connectivity index (χ2n) is 1.55. The van der Waals surface area contributed by atoms with E-state index in [1.54, 1.807) is 6.08 Å². The van der Waals surface area contributed by atoms with E-state index in [2.05, 4.69) is 6.58 Å². The molecule has 0 fully saturated rings. The molecule has 0 aromatic rings. The highest BCUT2D eigenvalue weighted by Crippen LogP contribution is 2.22. The predicted octanol–water partition coefficient (Wildman–Crippen LogP) is 2.34. The molecule has 0 aromatic heterocycles. The molecule has 0 aliphatic heterocycles. The third-order valence-electron chi connectivity index (χ3n) is 0.789. The zero-order valence-electron chi connectivity index (χ0n) is 5.67. The fourth-order valence-corrected chi connectivity index (χ4v) is 1.22. The smallest absolute Gasteiger partial charge is 0.147 e. The highest BCUT2D eigenvalue weighted by molar-refractivity contribution is 7.39. The first-order valence-electron chi connectivity index (χ1n) is 2.99. The molecule has 0 amide bonds. The first-order chi connectivity index (χ1) is 4.31. The van der Waals surface area contributed by atoms with Crippen LogP contribution in [0.4, 0.5) is 0 Å². The Hall–Kier alpha value is -0.200. The van der Waals surface area contributed by atoms with Gasteiger partial charge in [-0.2, -0.15) is 0 Å². The molecule has 0 rings (SSSR count). The Balaban J connectivity index is 3.16. The van der Waals surface area contributed by atoms with Crippen molar-refractivity contribution in [3.63, 3.8) is 0 Å². The lowest BCUT2D eigenvalue weighted by atomic mass is 10.5. The van der Waals surface area contributed by atoms with Gasteiger partial charge in [-0.25, -0.2) is 0 Å². The number of allylic oxidation sites excluding steroid dienone is 1. The van der Waals surface area contributed by atoms with Crippen LogP contribution in [0, 0.1) is 0 Å². The molecule has 0 N–H and O–H groups in total. The molecule has 0 aliphatic carbocycles. The molecular formula is C6H12O2P+. The lowest BCUT2D eigenvalue weighted by molar-refractivity contribution is 0.350. The molecule has 0 saturated heterocycles. The van der Waals surface area contributed by atoms with Crippen molar-refractivity contribution >= 4 is 8.03 Å². The molecule has 3 heteroatoms. The minimum absolute atomic E-state index is 0.534. The SMILES string of the molecule is C=CCC[P+](=O)OCC. The molecule has 9 heavy (non-hydrogen) atoms. The Bertz CT molecular complexity index is 101. The van der Waals surface area contributed by atoms with Crippen LogP contribution in [-0.4, -0.2) is 12.8 Å². The summed E-state index contributed by atoms with van der Waals surface area (Å²) in [7, 11) is -1.41. The summed E-state index contributed by atoms with van der Waals surface area (Å²) in [5.41, 5.74) is 0. The van der Waals surface area contributed by atoms with Crippen LogP contribution in [0.3, 0.4) is 0 Å². The van der Waals surface area contributed by atoms with Crippen LogP contribution in [0.5, 0.6) is 0 Å². The van der Waals surface area contributed by atoms with Crippen LogP contribution < -0.4 is 0 Å². The highest BCUT2D eigenvalue weighted by atomic mass is 31.1. The van der Waals surface area contributed by atoms with Gasteiger partial charge in [0.1, 0.15) is 0 Å². The van der Waals surface area contributed by atoms with Gasteiger partial charge in [-0.15, -0.1) is 11.1 Å². The van der Waals surface area contributed by atoms with Gasteiger partial charge in [0.2, 0.25) is 0 Å². The van der Waals surface area contributed by atoms with Crippen molar-refractivity contribution < 1.29 is 9.09 Å². The topological polar surface area (TPSA) is 26.3 Å². The standard InChI is InChI=1S/C6H12O2P/c1-3-5-6-9(7)8-4-2/h3H,1,4-6H2,2H3/q+1. The minimum atomic E-state index is -1.41. The molecule has 1 unspecified atom stereocenters. The van der Waals surface area contributed by atoms with E-state index in [0.717, 1.165) is 6.42 Å². The Morgan fingerprint density at radius 3 is 2.89 bits per heavy atom. The fraction of sp³-hybridized carbons (Fsp3) is 0.667. The Kier molecular flexibility index (Phi) is 5.80. The molecule has 0 saturated carbocycles. The van der Waals surface area contributed by atoms with Crippen molar-refractivity contribution in [2.75, 3.05) is 12.8 Å². The third-order valence-corrected chi connectivity index (χ3v) is 1.96. The van der Waals surface area contributed by atoms with E-state index in [1.165, 1.54) is 0 Å². The zero-order valence-corrected chi connectivity index (χ0v) is 6.56. The largest absolute Gasteiger partial charge is 0.508 e. The maximum Gasteiger partial charge on any atom is 0.508 e. The van der Waals surface area contributed by atoms with Crippen LogP contribution in [0.15, 0.2) is 12.7 Å². The molecule has 1 atom stereocenters. The average molecular weight is 147 g/mol. The van der Waals surface area contributed by atoms with Crippen molar-refractivity contribution in [1.82, 2.24) is 0 Å². The molecule has 0 aliphatic rings. The highest BCUT2D eigenvalue weighted by Gasteiger charge is 2.12. The van der Waals surface area contributed by atoms with Crippen molar-refractivity contribution in [3.05, 3.63) is 12.7 Å². The van der Waals surface area contributed by atoms with Crippen LogP contribution in [-0.2, 0) is 9.09 Å². The number of rotatable bonds is 5. The van der Waals surface area contributed by atoms with Crippen molar-refractivity contribution in [1.29, 1.82) is 0 Å². The first kappa shape index (κ1) is 8.80. The summed E-state index contributed by atoms with van der Waals surface area (Å²) in [4.78, 5) is 0. The molecule has 2 nitrogen and oxygen atoms in total. The molecule has 0 heterocycles. The van der Waals surface area contributed by atoms with Gasteiger partial charge in [0.25, 0.3) is 0 Å². The second-order valence-corrected chi connectivity index (χ2v) is 2.92. The average Bonchev–Trinajstić information content (AvgIpc) is 1.85. The van der Waals surface area contributed by atoms with Crippen molar-refractivity contribution in [2.45, 2.75) is 13.3 Å². The molecular weight excluding hydrogens is 135 g/mol. The van der Waals surface area contributed by atoms with Gasteiger partial charge in [-0.3, -0.25) is 0 Å². The third kappa shape index (κ3) is 5.67. The van der Waals surface area contributed by atoms with Gasteiger partial charge in [0.15, 0.2) is 6.16 Å². The van der Waals surface area contributed by atoms with Gasteiger partial charge < -0.3 is 0 Å². The summed E-state index contributed by atoms with van der Waals surface area (Å²) < 4.78 is 15.5. The lowest BCUT2D eigenvalue weighted by Gasteiger charge is -1.80. The van der Waals surface area contributed by atoms with Gasteiger partial charge >= 0.3 is 8.03 Å². The van der Waals surface area contributed by atoms with E-state index in [-0.39, 0.29) is 0 Å². The van der Waals surface area contributed by atoms with E-state index in [4.69, 9.17) is 4.52 Å². The minimum Gasteiger partial charge on any atom is -0.147 e. The molecule has 0 radical (unpaired) electrons. The van der Waals surface area contributed by atoms with E-state index < -0.39 is 8.03 Å². The van der Waals surface area contributed by atoms with Crippen LogP contribution >= 0.6 is 8.03 Å². The number of hydrogen-bond donors (Lipinski definition) is 0. The zero-order chi connectivity index (χ0) is 7.11. The van der Waals surface area contributed by atoms with Gasteiger partial charge in [-0.1, -0.05) is 6.08 Å². The maximum atomic E-state index is 10.7. The van der Waals surface area contributed by atoms with Gasteiger partial charge in [-0.05, 0) is 11.5 Å². The van der Waals surface area contributed by atoms with E-state index >= 15 is 0 Å².